The lowest BCUT2D eigenvalue weighted by atomic mass is 9.98. The van der Waals surface area contributed by atoms with Gasteiger partial charge in [0.25, 0.3) is 0 Å². The predicted molar refractivity (Wildman–Crippen MR) is 195 cm³/mol. The molecule has 214 valence electrons. The summed E-state index contributed by atoms with van der Waals surface area (Å²) in [5.74, 6) is 0.742. The summed E-state index contributed by atoms with van der Waals surface area (Å²) in [5, 5.41) is 8.65. The molecular formula is C42H25N3S. The molecule has 10 aromatic rings. The Morgan fingerprint density at radius 2 is 1.04 bits per heavy atom. The zero-order valence-corrected chi connectivity index (χ0v) is 25.5. The van der Waals surface area contributed by atoms with E-state index in [1.165, 1.54) is 53.4 Å². The van der Waals surface area contributed by atoms with Crippen molar-refractivity contribution in [2.24, 2.45) is 0 Å². The molecule has 0 bridgehead atoms. The molecule has 0 radical (unpaired) electrons. The first kappa shape index (κ1) is 25.5. The molecule has 0 aliphatic carbocycles. The lowest BCUT2D eigenvalue weighted by Crippen LogP contribution is -1.94. The first-order chi connectivity index (χ1) is 22.8. The molecular weight excluding hydrogens is 579 g/mol. The normalized spacial score (nSPS) is 11.9. The van der Waals surface area contributed by atoms with Crippen LogP contribution < -0.4 is 0 Å². The van der Waals surface area contributed by atoms with Crippen LogP contribution in [0.2, 0.25) is 0 Å². The van der Waals surface area contributed by atoms with Gasteiger partial charge in [0, 0.05) is 43.1 Å². The lowest BCUT2D eigenvalue weighted by Gasteiger charge is -2.10. The van der Waals surface area contributed by atoms with Crippen molar-refractivity contribution in [1.82, 2.24) is 14.5 Å². The second kappa shape index (κ2) is 9.83. The average Bonchev–Trinajstić information content (AvgIpc) is 3.68. The summed E-state index contributed by atoms with van der Waals surface area (Å²) >= 11 is 1.81. The molecule has 46 heavy (non-hydrogen) atoms. The fourth-order valence-corrected chi connectivity index (χ4v) is 8.46. The van der Waals surface area contributed by atoms with Crippen molar-refractivity contribution in [2.75, 3.05) is 0 Å². The van der Waals surface area contributed by atoms with E-state index >= 15 is 0 Å². The number of aromatic nitrogens is 3. The molecule has 0 atom stereocenters. The number of para-hydroxylation sites is 2. The van der Waals surface area contributed by atoms with Crippen LogP contribution in [0, 0.1) is 0 Å². The average molecular weight is 604 g/mol. The molecule has 0 fully saturated rings. The van der Waals surface area contributed by atoms with E-state index in [-0.39, 0.29) is 0 Å². The molecule has 0 saturated carbocycles. The van der Waals surface area contributed by atoms with Crippen LogP contribution in [0.3, 0.4) is 0 Å². The van der Waals surface area contributed by atoms with Crippen LogP contribution in [-0.4, -0.2) is 14.5 Å². The Bertz CT molecular complexity index is 2790. The Morgan fingerprint density at radius 3 is 1.83 bits per heavy atom. The maximum absolute atomic E-state index is 5.34. The van der Waals surface area contributed by atoms with Gasteiger partial charge in [-0.2, -0.15) is 0 Å². The maximum Gasteiger partial charge on any atom is 0.160 e. The van der Waals surface area contributed by atoms with Gasteiger partial charge in [0.1, 0.15) is 0 Å². The smallest absolute Gasteiger partial charge is 0.160 e. The summed E-state index contributed by atoms with van der Waals surface area (Å²) < 4.78 is 4.73. The van der Waals surface area contributed by atoms with E-state index in [0.717, 1.165) is 38.5 Å². The molecule has 7 aromatic carbocycles. The minimum atomic E-state index is 0.742. The minimum absolute atomic E-state index is 0.742. The molecule has 3 aromatic heterocycles. The number of nitrogens with zero attached hydrogens (tertiary/aromatic N) is 3. The molecule has 0 N–H and O–H groups in total. The van der Waals surface area contributed by atoms with Crippen LogP contribution in [-0.2, 0) is 0 Å². The molecule has 3 nitrogen and oxygen atoms in total. The van der Waals surface area contributed by atoms with E-state index in [9.17, 15) is 0 Å². The van der Waals surface area contributed by atoms with E-state index in [2.05, 4.69) is 150 Å². The van der Waals surface area contributed by atoms with Crippen molar-refractivity contribution in [3.63, 3.8) is 0 Å². The number of fused-ring (bicyclic) bond motifs is 11. The van der Waals surface area contributed by atoms with Crippen molar-refractivity contribution < 1.29 is 0 Å². The monoisotopic (exact) mass is 603 g/mol. The van der Waals surface area contributed by atoms with E-state index < -0.39 is 0 Å². The quantitative estimate of drug-likeness (QED) is 0.188. The zero-order chi connectivity index (χ0) is 30.2. The summed E-state index contributed by atoms with van der Waals surface area (Å²) in [6.45, 7) is 0. The summed E-state index contributed by atoms with van der Waals surface area (Å²) in [7, 11) is 0. The van der Waals surface area contributed by atoms with Crippen molar-refractivity contribution in [3.8, 4) is 28.3 Å². The Labute approximate surface area is 268 Å². The van der Waals surface area contributed by atoms with Crippen LogP contribution in [0.4, 0.5) is 0 Å². The SMILES string of the molecule is c1ccc(-c2nc(-c3ccc4c(c3)c3ccccc3n4-c3ccccc3)c3sc4c5ccccc5c5ccccc5c4c3n2)cc1. The number of rotatable bonds is 3. The Kier molecular flexibility index (Phi) is 5.45. The van der Waals surface area contributed by atoms with Crippen LogP contribution in [0.1, 0.15) is 0 Å². The maximum atomic E-state index is 5.34. The lowest BCUT2D eigenvalue weighted by molar-refractivity contribution is 1.18. The third kappa shape index (κ3) is 3.65. The molecule has 0 amide bonds. The predicted octanol–water partition coefficient (Wildman–Crippen LogP) is 11.6. The van der Waals surface area contributed by atoms with Crippen molar-refractivity contribution in [1.29, 1.82) is 0 Å². The minimum Gasteiger partial charge on any atom is -0.309 e. The molecule has 0 spiro atoms. The van der Waals surface area contributed by atoms with Gasteiger partial charge >= 0.3 is 0 Å². The highest BCUT2D eigenvalue weighted by Crippen LogP contribution is 2.46. The Hall–Kier alpha value is -5.84. The topological polar surface area (TPSA) is 30.7 Å². The fraction of sp³-hybridized carbons (Fsp3) is 0. The van der Waals surface area contributed by atoms with Crippen LogP contribution in [0.25, 0.3) is 92.0 Å². The zero-order valence-electron chi connectivity index (χ0n) is 24.7. The number of thiophene rings is 1. The molecule has 0 aliphatic heterocycles. The van der Waals surface area contributed by atoms with Crippen LogP contribution in [0.15, 0.2) is 152 Å². The Morgan fingerprint density at radius 1 is 0.435 bits per heavy atom. The standard InChI is InChI=1S/C42H25N3S/c1-3-13-26(14-4-1)42-43-38(27-23-24-36-34(25-27)31-19-11-12-22-35(31)45(36)28-15-5-2-6-16-28)41-39(44-42)37-32-20-9-7-17-29(32)30-18-8-10-21-33(30)40(37)46-41/h1-25H. The first-order valence-electron chi connectivity index (χ1n) is 15.5. The molecule has 3 heterocycles. The molecule has 4 heteroatoms. The highest BCUT2D eigenvalue weighted by atomic mass is 32.1. The molecule has 0 aliphatic rings. The molecule has 10 rings (SSSR count). The second-order valence-corrected chi connectivity index (χ2v) is 12.8. The summed E-state index contributed by atoms with van der Waals surface area (Å²) in [4.78, 5) is 10.7. The summed E-state index contributed by atoms with van der Waals surface area (Å²) in [6, 6.07) is 54.0. The highest BCUT2D eigenvalue weighted by Gasteiger charge is 2.21. The molecule has 0 saturated heterocycles. The van der Waals surface area contributed by atoms with Gasteiger partial charge in [0.05, 0.1) is 26.9 Å². The van der Waals surface area contributed by atoms with Crippen LogP contribution in [0.5, 0.6) is 0 Å². The van der Waals surface area contributed by atoms with Gasteiger partial charge in [-0.1, -0.05) is 121 Å². The van der Waals surface area contributed by atoms with Crippen LogP contribution >= 0.6 is 11.3 Å². The fourth-order valence-electron chi connectivity index (χ4n) is 7.16. The Balaban J connectivity index is 1.34. The van der Waals surface area contributed by atoms with E-state index in [1.807, 2.05) is 17.4 Å². The first-order valence-corrected chi connectivity index (χ1v) is 16.3. The highest BCUT2D eigenvalue weighted by molar-refractivity contribution is 7.27. The van der Waals surface area contributed by atoms with Gasteiger partial charge in [0.2, 0.25) is 0 Å². The largest absolute Gasteiger partial charge is 0.309 e. The van der Waals surface area contributed by atoms with Gasteiger partial charge < -0.3 is 4.57 Å². The third-order valence-corrected chi connectivity index (χ3v) is 10.4. The van der Waals surface area contributed by atoms with Gasteiger partial charge in [-0.15, -0.1) is 11.3 Å². The van der Waals surface area contributed by atoms with E-state index in [1.54, 1.807) is 0 Å². The number of hydrogen-bond acceptors (Lipinski definition) is 3. The van der Waals surface area contributed by atoms with Gasteiger partial charge in [0.15, 0.2) is 5.82 Å². The van der Waals surface area contributed by atoms with Gasteiger partial charge in [-0.25, -0.2) is 9.97 Å². The summed E-state index contributed by atoms with van der Waals surface area (Å²) in [5.41, 5.74) is 7.61. The van der Waals surface area contributed by atoms with Gasteiger partial charge in [-0.05, 0) is 46.5 Å². The molecule has 0 unspecified atom stereocenters. The van der Waals surface area contributed by atoms with E-state index in [0.29, 0.717) is 0 Å². The second-order valence-electron chi connectivity index (χ2n) is 11.8. The third-order valence-electron chi connectivity index (χ3n) is 9.18. The van der Waals surface area contributed by atoms with Crippen molar-refractivity contribution in [2.45, 2.75) is 0 Å². The number of hydrogen-bond donors (Lipinski definition) is 0. The van der Waals surface area contributed by atoms with Crippen molar-refractivity contribution >= 4 is 75.0 Å². The number of benzene rings is 7. The van der Waals surface area contributed by atoms with Crippen molar-refractivity contribution in [3.05, 3.63) is 152 Å². The summed E-state index contributed by atoms with van der Waals surface area (Å²) in [6.07, 6.45) is 0. The van der Waals surface area contributed by atoms with Gasteiger partial charge in [-0.3, -0.25) is 0 Å². The van der Waals surface area contributed by atoms with E-state index in [4.69, 9.17) is 9.97 Å².